The number of ether oxygens (including phenoxy) is 2. The molecule has 1 saturated heterocycles. The van der Waals surface area contributed by atoms with Crippen LogP contribution in [0, 0.1) is 6.92 Å². The van der Waals surface area contributed by atoms with Crippen LogP contribution >= 0.6 is 0 Å². The molecule has 2 amide bonds. The van der Waals surface area contributed by atoms with Crippen molar-refractivity contribution in [3.8, 4) is 0 Å². The number of fused-ring (bicyclic) bond motifs is 1. The lowest BCUT2D eigenvalue weighted by Crippen LogP contribution is -2.72. The van der Waals surface area contributed by atoms with E-state index in [2.05, 4.69) is 5.32 Å². The predicted octanol–water partition coefficient (Wildman–Crippen LogP) is 3.51. The first kappa shape index (κ1) is 22.6. The Kier molecular flexibility index (Phi) is 6.16. The molecule has 3 aromatic carbocycles. The van der Waals surface area contributed by atoms with E-state index in [1.165, 1.54) is 11.0 Å². The molecular weight excluding hydrogens is 444 g/mol. The van der Waals surface area contributed by atoms with Crippen LogP contribution in [0.2, 0.25) is 0 Å². The summed E-state index contributed by atoms with van der Waals surface area (Å²) >= 11 is 0. The molecule has 2 atom stereocenters. The molecule has 0 unspecified atom stereocenters. The maximum atomic E-state index is 13.2. The van der Waals surface area contributed by atoms with Gasteiger partial charge in [-0.3, -0.25) is 14.5 Å². The van der Waals surface area contributed by atoms with Gasteiger partial charge in [-0.1, -0.05) is 78.4 Å². The minimum atomic E-state index is -0.876. The molecule has 0 spiro atoms. The first-order valence-corrected chi connectivity index (χ1v) is 11.4. The monoisotopic (exact) mass is 468 g/mol. The van der Waals surface area contributed by atoms with Crippen LogP contribution in [0.4, 0.5) is 0 Å². The zero-order chi connectivity index (χ0) is 24.4. The zero-order valence-electron chi connectivity index (χ0n) is 19.1. The molecule has 0 radical (unpaired) electrons. The largest absolute Gasteiger partial charge is 0.448 e. The summed E-state index contributed by atoms with van der Waals surface area (Å²) in [5, 5.41) is 2.72. The maximum Gasteiger partial charge on any atom is 0.355 e. The SMILES string of the molecule is Cc1ccc(C(=O)N[C@@H]2C(=O)N3C(C(=O)OC(c4ccccc4)c4ccccc4)=CCO[C@H]23)cc1. The summed E-state index contributed by atoms with van der Waals surface area (Å²) in [4.78, 5) is 40.0. The quantitative estimate of drug-likeness (QED) is 0.442. The second kappa shape index (κ2) is 9.56. The van der Waals surface area contributed by atoms with Gasteiger partial charge in [-0.15, -0.1) is 0 Å². The molecule has 5 rings (SSSR count). The molecule has 1 fully saturated rings. The number of nitrogens with one attached hydrogen (secondary N) is 1. The number of benzene rings is 3. The van der Waals surface area contributed by atoms with Crippen molar-refractivity contribution in [1.29, 1.82) is 0 Å². The molecule has 0 aliphatic carbocycles. The lowest BCUT2D eigenvalue weighted by molar-refractivity contribution is -0.183. The Morgan fingerprint density at radius 1 is 0.943 bits per heavy atom. The third-order valence-electron chi connectivity index (χ3n) is 6.09. The van der Waals surface area contributed by atoms with Crippen molar-refractivity contribution in [3.05, 3.63) is 119 Å². The standard InChI is InChI=1S/C28H24N2O5/c1-18-12-14-21(15-13-18)25(31)29-23-26(32)30-22(16-17-34-27(23)30)28(33)35-24(19-8-4-2-5-9-19)20-10-6-3-7-11-20/h2-16,23-24,27H,17H2,1H3,(H,29,31)/t23-,27-/m1/s1. The Hall–Kier alpha value is -4.23. The van der Waals surface area contributed by atoms with Gasteiger partial charge in [-0.25, -0.2) is 4.79 Å². The van der Waals surface area contributed by atoms with Crippen LogP contribution < -0.4 is 5.32 Å². The first-order chi connectivity index (χ1) is 17.0. The van der Waals surface area contributed by atoms with E-state index in [9.17, 15) is 14.4 Å². The van der Waals surface area contributed by atoms with Crippen LogP contribution in [0.3, 0.4) is 0 Å². The minimum absolute atomic E-state index is 0.115. The molecule has 0 bridgehead atoms. The average Bonchev–Trinajstić information content (AvgIpc) is 2.90. The van der Waals surface area contributed by atoms with Crippen molar-refractivity contribution in [2.45, 2.75) is 25.3 Å². The van der Waals surface area contributed by atoms with Crippen molar-refractivity contribution < 1.29 is 23.9 Å². The third-order valence-corrected chi connectivity index (χ3v) is 6.09. The lowest BCUT2D eigenvalue weighted by Gasteiger charge is -2.48. The number of hydrogen-bond donors (Lipinski definition) is 1. The van der Waals surface area contributed by atoms with Crippen molar-refractivity contribution in [2.24, 2.45) is 0 Å². The van der Waals surface area contributed by atoms with Gasteiger partial charge in [0.05, 0.1) is 6.61 Å². The number of amides is 2. The van der Waals surface area contributed by atoms with Gasteiger partial charge in [-0.2, -0.15) is 0 Å². The summed E-state index contributed by atoms with van der Waals surface area (Å²) in [6.45, 7) is 2.05. The van der Waals surface area contributed by atoms with Gasteiger partial charge < -0.3 is 14.8 Å². The lowest BCUT2D eigenvalue weighted by atomic mass is 10.00. The predicted molar refractivity (Wildman–Crippen MR) is 128 cm³/mol. The van der Waals surface area contributed by atoms with Gasteiger partial charge in [0.1, 0.15) is 5.70 Å². The number of carbonyl (C=O) groups excluding carboxylic acids is 3. The molecule has 7 heteroatoms. The molecule has 1 N–H and O–H groups in total. The topological polar surface area (TPSA) is 84.9 Å². The normalized spacial score (nSPS) is 18.9. The fourth-order valence-corrected chi connectivity index (χ4v) is 4.21. The van der Waals surface area contributed by atoms with Crippen LogP contribution in [0.5, 0.6) is 0 Å². The second-order valence-electron chi connectivity index (χ2n) is 8.45. The van der Waals surface area contributed by atoms with E-state index in [0.29, 0.717) is 5.56 Å². The van der Waals surface area contributed by atoms with E-state index in [-0.39, 0.29) is 18.2 Å². The van der Waals surface area contributed by atoms with E-state index in [0.717, 1.165) is 16.7 Å². The number of hydrogen-bond acceptors (Lipinski definition) is 5. The molecular formula is C28H24N2O5. The van der Waals surface area contributed by atoms with Crippen LogP contribution in [-0.4, -0.2) is 41.6 Å². The van der Waals surface area contributed by atoms with E-state index in [1.807, 2.05) is 79.7 Å². The summed E-state index contributed by atoms with van der Waals surface area (Å²) in [6.07, 6.45) is 0.124. The van der Waals surface area contributed by atoms with Crippen molar-refractivity contribution in [2.75, 3.05) is 6.61 Å². The van der Waals surface area contributed by atoms with Gasteiger partial charge in [-0.05, 0) is 36.3 Å². The Labute approximate surface area is 203 Å². The summed E-state index contributed by atoms with van der Waals surface area (Å²) in [6, 6.07) is 25.0. The van der Waals surface area contributed by atoms with E-state index in [1.54, 1.807) is 12.1 Å². The molecule has 2 aliphatic heterocycles. The minimum Gasteiger partial charge on any atom is -0.448 e. The average molecular weight is 469 g/mol. The molecule has 2 aliphatic rings. The van der Waals surface area contributed by atoms with Gasteiger partial charge in [0.25, 0.3) is 11.8 Å². The van der Waals surface area contributed by atoms with Crippen molar-refractivity contribution in [3.63, 3.8) is 0 Å². The highest BCUT2D eigenvalue weighted by atomic mass is 16.6. The fraction of sp³-hybridized carbons (Fsp3) is 0.179. The van der Waals surface area contributed by atoms with Crippen LogP contribution in [-0.2, 0) is 19.1 Å². The van der Waals surface area contributed by atoms with E-state index in [4.69, 9.17) is 9.47 Å². The van der Waals surface area contributed by atoms with Crippen molar-refractivity contribution in [1.82, 2.24) is 10.2 Å². The summed E-state index contributed by atoms with van der Waals surface area (Å²) in [5.41, 5.74) is 3.22. The highest BCUT2D eigenvalue weighted by molar-refractivity contribution is 6.03. The molecule has 7 nitrogen and oxygen atoms in total. The van der Waals surface area contributed by atoms with Crippen molar-refractivity contribution >= 4 is 17.8 Å². The van der Waals surface area contributed by atoms with Crippen LogP contribution in [0.25, 0.3) is 0 Å². The highest BCUT2D eigenvalue weighted by Gasteiger charge is 2.54. The molecule has 2 heterocycles. The van der Waals surface area contributed by atoms with E-state index < -0.39 is 30.3 Å². The number of rotatable bonds is 6. The number of carbonyl (C=O) groups is 3. The molecule has 0 aromatic heterocycles. The Bertz CT molecular complexity index is 1230. The smallest absolute Gasteiger partial charge is 0.355 e. The van der Waals surface area contributed by atoms with Gasteiger partial charge in [0.15, 0.2) is 18.4 Å². The molecule has 3 aromatic rings. The van der Waals surface area contributed by atoms with Gasteiger partial charge in [0, 0.05) is 5.56 Å². The molecule has 0 saturated carbocycles. The van der Waals surface area contributed by atoms with Crippen LogP contribution in [0.1, 0.15) is 33.2 Å². The van der Waals surface area contributed by atoms with Gasteiger partial charge >= 0.3 is 5.97 Å². The summed E-state index contributed by atoms with van der Waals surface area (Å²) < 4.78 is 11.6. The number of esters is 1. The number of aryl methyl sites for hydroxylation is 1. The Morgan fingerprint density at radius 3 is 2.14 bits per heavy atom. The summed E-state index contributed by atoms with van der Waals surface area (Å²) in [5.74, 6) is -1.43. The number of β-lactam (4-membered cyclic amide) rings is 1. The third kappa shape index (κ3) is 4.46. The Balaban J connectivity index is 1.31. The second-order valence-corrected chi connectivity index (χ2v) is 8.45. The Morgan fingerprint density at radius 2 is 1.54 bits per heavy atom. The number of nitrogens with zero attached hydrogens (tertiary/aromatic N) is 1. The van der Waals surface area contributed by atoms with Gasteiger partial charge in [0.2, 0.25) is 0 Å². The van der Waals surface area contributed by atoms with E-state index >= 15 is 0 Å². The molecule has 35 heavy (non-hydrogen) atoms. The maximum absolute atomic E-state index is 13.2. The molecule has 176 valence electrons. The highest BCUT2D eigenvalue weighted by Crippen LogP contribution is 2.33. The van der Waals surface area contributed by atoms with Crippen LogP contribution in [0.15, 0.2) is 96.7 Å². The summed E-state index contributed by atoms with van der Waals surface area (Å²) in [7, 11) is 0. The fourth-order valence-electron chi connectivity index (χ4n) is 4.21. The first-order valence-electron chi connectivity index (χ1n) is 11.4. The zero-order valence-corrected chi connectivity index (χ0v) is 19.1.